The lowest BCUT2D eigenvalue weighted by molar-refractivity contribution is -0.118. The molecule has 0 aliphatic carbocycles. The largest absolute Gasteiger partial charge is 0.495 e. The molecule has 0 spiro atoms. The van der Waals surface area contributed by atoms with Gasteiger partial charge in [0, 0.05) is 19.0 Å². The van der Waals surface area contributed by atoms with Crippen LogP contribution in [0.4, 0.5) is 10.1 Å². The van der Waals surface area contributed by atoms with E-state index in [-0.39, 0.29) is 24.7 Å². The highest BCUT2D eigenvalue weighted by atomic mass is 19.1. The predicted octanol–water partition coefficient (Wildman–Crippen LogP) is 2.76. The van der Waals surface area contributed by atoms with Crippen LogP contribution in [0.25, 0.3) is 6.08 Å². The summed E-state index contributed by atoms with van der Waals surface area (Å²) in [6, 6.07) is 12.8. The molecule has 130 valence electrons. The van der Waals surface area contributed by atoms with Crippen LogP contribution >= 0.6 is 0 Å². The number of nitrogens with two attached hydrogens (primary N) is 1. The fourth-order valence-electron chi connectivity index (χ4n) is 2.26. The molecule has 0 aliphatic heterocycles. The van der Waals surface area contributed by atoms with E-state index in [0.29, 0.717) is 17.0 Å². The van der Waals surface area contributed by atoms with Crippen molar-refractivity contribution in [3.63, 3.8) is 0 Å². The third-order valence-electron chi connectivity index (χ3n) is 3.51. The Kier molecular flexibility index (Phi) is 6.28. The molecule has 0 heterocycles. The third kappa shape index (κ3) is 5.17. The Labute approximate surface area is 145 Å². The molecule has 2 aromatic rings. The molecular weight excluding hydrogens is 323 g/mol. The van der Waals surface area contributed by atoms with Gasteiger partial charge in [0.25, 0.3) is 5.91 Å². The fourth-order valence-corrected chi connectivity index (χ4v) is 2.26. The van der Waals surface area contributed by atoms with Crippen LogP contribution in [0.1, 0.15) is 12.0 Å². The number of carbonyl (C=O) groups is 2. The summed E-state index contributed by atoms with van der Waals surface area (Å²) in [5.41, 5.74) is 6.43. The molecule has 0 bridgehead atoms. The van der Waals surface area contributed by atoms with Crippen molar-refractivity contribution in [2.45, 2.75) is 6.42 Å². The predicted molar refractivity (Wildman–Crippen MR) is 94.6 cm³/mol. The van der Waals surface area contributed by atoms with Crippen LogP contribution in [0.3, 0.4) is 0 Å². The number of methoxy groups -OCH3 is 1. The Hall–Kier alpha value is -3.15. The number of carbonyl (C=O) groups excluding carboxylic acids is 2. The first kappa shape index (κ1) is 18.2. The number of para-hydroxylation sites is 2. The number of benzene rings is 2. The summed E-state index contributed by atoms with van der Waals surface area (Å²) in [6.45, 7) is 0.127. The molecule has 6 heteroatoms. The SMILES string of the molecule is COc1ccccc1N(CCC(N)=O)C(=O)C=Cc1ccc(F)cc1. The Balaban J connectivity index is 2.26. The quantitative estimate of drug-likeness (QED) is 0.787. The molecule has 0 aliphatic rings. The first-order valence-electron chi connectivity index (χ1n) is 7.67. The standard InChI is InChI=1S/C19H19FN2O3/c1-25-17-5-3-2-4-16(17)22(13-12-18(21)23)19(24)11-8-14-6-9-15(20)10-7-14/h2-11H,12-13H2,1H3,(H2,21,23). The highest BCUT2D eigenvalue weighted by Crippen LogP contribution is 2.28. The minimum absolute atomic E-state index is 0.0220. The van der Waals surface area contributed by atoms with Gasteiger partial charge in [-0.2, -0.15) is 0 Å². The number of primary amides is 1. The lowest BCUT2D eigenvalue weighted by Crippen LogP contribution is -2.33. The van der Waals surface area contributed by atoms with Crippen molar-refractivity contribution in [1.29, 1.82) is 0 Å². The Morgan fingerprint density at radius 2 is 1.84 bits per heavy atom. The van der Waals surface area contributed by atoms with Crippen molar-refractivity contribution in [2.24, 2.45) is 5.73 Å². The van der Waals surface area contributed by atoms with Gasteiger partial charge in [-0.25, -0.2) is 4.39 Å². The second-order valence-corrected chi connectivity index (χ2v) is 5.26. The van der Waals surface area contributed by atoms with Crippen molar-refractivity contribution in [3.05, 3.63) is 66.0 Å². The Morgan fingerprint density at radius 3 is 2.48 bits per heavy atom. The van der Waals surface area contributed by atoms with E-state index in [1.807, 2.05) is 0 Å². The average Bonchev–Trinajstić information content (AvgIpc) is 2.61. The van der Waals surface area contributed by atoms with Gasteiger partial charge in [0.1, 0.15) is 11.6 Å². The van der Waals surface area contributed by atoms with E-state index in [0.717, 1.165) is 0 Å². The molecule has 0 fully saturated rings. The summed E-state index contributed by atoms with van der Waals surface area (Å²) in [7, 11) is 1.50. The van der Waals surface area contributed by atoms with Gasteiger partial charge in [0.2, 0.25) is 5.91 Å². The summed E-state index contributed by atoms with van der Waals surface area (Å²) in [5.74, 6) is -0.679. The van der Waals surface area contributed by atoms with E-state index in [2.05, 4.69) is 0 Å². The molecule has 5 nitrogen and oxygen atoms in total. The van der Waals surface area contributed by atoms with Crippen molar-refractivity contribution in [1.82, 2.24) is 0 Å². The number of hydrogen-bond acceptors (Lipinski definition) is 3. The number of amides is 2. The molecule has 2 aromatic carbocycles. The van der Waals surface area contributed by atoms with E-state index in [1.54, 1.807) is 42.5 Å². The Morgan fingerprint density at radius 1 is 1.16 bits per heavy atom. The fraction of sp³-hybridized carbons (Fsp3) is 0.158. The van der Waals surface area contributed by atoms with Crippen LogP contribution < -0.4 is 15.4 Å². The second-order valence-electron chi connectivity index (χ2n) is 5.26. The first-order chi connectivity index (χ1) is 12.0. The monoisotopic (exact) mass is 342 g/mol. The van der Waals surface area contributed by atoms with Crippen molar-refractivity contribution < 1.29 is 18.7 Å². The molecule has 0 aromatic heterocycles. The van der Waals surface area contributed by atoms with Crippen molar-refractivity contribution in [2.75, 3.05) is 18.6 Å². The molecule has 0 unspecified atom stereocenters. The smallest absolute Gasteiger partial charge is 0.251 e. The molecule has 0 saturated heterocycles. The summed E-state index contributed by atoms with van der Waals surface area (Å²) in [6.07, 6.45) is 2.96. The van der Waals surface area contributed by atoms with Gasteiger partial charge in [-0.15, -0.1) is 0 Å². The molecule has 0 saturated carbocycles. The van der Waals surface area contributed by atoms with E-state index in [1.165, 1.54) is 30.2 Å². The van der Waals surface area contributed by atoms with E-state index >= 15 is 0 Å². The second kappa shape index (κ2) is 8.63. The lowest BCUT2D eigenvalue weighted by atomic mass is 10.2. The highest BCUT2D eigenvalue weighted by Gasteiger charge is 2.17. The summed E-state index contributed by atoms with van der Waals surface area (Å²) in [5, 5.41) is 0. The number of anilines is 1. The lowest BCUT2D eigenvalue weighted by Gasteiger charge is -2.23. The normalized spacial score (nSPS) is 10.6. The van der Waals surface area contributed by atoms with Gasteiger partial charge in [-0.05, 0) is 35.9 Å². The van der Waals surface area contributed by atoms with E-state index < -0.39 is 5.91 Å². The highest BCUT2D eigenvalue weighted by molar-refractivity contribution is 6.05. The number of halogens is 1. The minimum Gasteiger partial charge on any atom is -0.495 e. The molecule has 2 N–H and O–H groups in total. The van der Waals surface area contributed by atoms with Crippen LogP contribution in [0, 0.1) is 5.82 Å². The van der Waals surface area contributed by atoms with E-state index in [9.17, 15) is 14.0 Å². The zero-order valence-corrected chi connectivity index (χ0v) is 13.8. The molecule has 25 heavy (non-hydrogen) atoms. The summed E-state index contributed by atoms with van der Waals surface area (Å²) in [4.78, 5) is 25.2. The van der Waals surface area contributed by atoms with Crippen LogP contribution in [-0.4, -0.2) is 25.5 Å². The third-order valence-corrected chi connectivity index (χ3v) is 3.51. The topological polar surface area (TPSA) is 72.6 Å². The molecular formula is C19H19FN2O3. The Bertz CT molecular complexity index is 772. The maximum Gasteiger partial charge on any atom is 0.251 e. The summed E-state index contributed by atoms with van der Waals surface area (Å²) < 4.78 is 18.2. The van der Waals surface area contributed by atoms with Gasteiger partial charge in [0.15, 0.2) is 0 Å². The molecule has 0 atom stereocenters. The van der Waals surface area contributed by atoms with Gasteiger partial charge < -0.3 is 15.4 Å². The van der Waals surface area contributed by atoms with Crippen molar-refractivity contribution in [3.8, 4) is 5.75 Å². The first-order valence-corrected chi connectivity index (χ1v) is 7.67. The maximum atomic E-state index is 12.9. The van der Waals surface area contributed by atoms with E-state index in [4.69, 9.17) is 10.5 Å². The van der Waals surface area contributed by atoms with Gasteiger partial charge in [-0.1, -0.05) is 24.3 Å². The maximum absolute atomic E-state index is 12.9. The zero-order chi connectivity index (χ0) is 18.2. The van der Waals surface area contributed by atoms with Gasteiger partial charge in [0.05, 0.1) is 12.8 Å². The minimum atomic E-state index is -0.504. The number of ether oxygens (including phenoxy) is 1. The average molecular weight is 342 g/mol. The van der Waals surface area contributed by atoms with Gasteiger partial charge in [-0.3, -0.25) is 9.59 Å². The number of nitrogens with zero attached hydrogens (tertiary/aromatic N) is 1. The zero-order valence-electron chi connectivity index (χ0n) is 13.8. The van der Waals surface area contributed by atoms with Crippen LogP contribution in [-0.2, 0) is 9.59 Å². The molecule has 2 rings (SSSR count). The van der Waals surface area contributed by atoms with Crippen molar-refractivity contribution >= 4 is 23.6 Å². The van der Waals surface area contributed by atoms with Crippen LogP contribution in [0.2, 0.25) is 0 Å². The molecule has 0 radical (unpaired) electrons. The van der Waals surface area contributed by atoms with Crippen LogP contribution in [0.15, 0.2) is 54.6 Å². The summed E-state index contributed by atoms with van der Waals surface area (Å²) >= 11 is 0. The number of rotatable bonds is 7. The van der Waals surface area contributed by atoms with Gasteiger partial charge >= 0.3 is 0 Å². The number of hydrogen-bond donors (Lipinski definition) is 1. The molecule has 2 amide bonds. The van der Waals surface area contributed by atoms with Crippen LogP contribution in [0.5, 0.6) is 5.75 Å².